The number of likely N-dealkylation sites (N-methyl/N-ethyl adjacent to an activating group) is 1. The largest absolute Gasteiger partial charge is 0.407 e. The van der Waals surface area contributed by atoms with Gasteiger partial charge in [0.15, 0.2) is 14.5 Å². The maximum atomic E-state index is 12.7. The summed E-state index contributed by atoms with van der Waals surface area (Å²) in [4.78, 5) is 66.5. The van der Waals surface area contributed by atoms with Crippen LogP contribution in [0.3, 0.4) is 0 Å². The van der Waals surface area contributed by atoms with Crippen molar-refractivity contribution < 1.29 is 33.4 Å². The minimum atomic E-state index is -2.42. The van der Waals surface area contributed by atoms with Gasteiger partial charge in [-0.2, -0.15) is 0 Å². The van der Waals surface area contributed by atoms with Gasteiger partial charge in [-0.3, -0.25) is 33.6 Å². The zero-order valence-electron chi connectivity index (χ0n) is 24.7. The van der Waals surface area contributed by atoms with E-state index in [9.17, 15) is 29.1 Å². The van der Waals surface area contributed by atoms with Crippen LogP contribution in [0.25, 0.3) is 0 Å². The van der Waals surface area contributed by atoms with Crippen molar-refractivity contribution in [2.24, 2.45) is 0 Å². The Bertz CT molecular complexity index is 1430. The number of hydrogen-bond donors (Lipinski definition) is 2. The first-order valence-electron chi connectivity index (χ1n) is 13.7. The highest BCUT2D eigenvalue weighted by molar-refractivity contribution is 6.74. The van der Waals surface area contributed by atoms with Crippen molar-refractivity contribution in [1.29, 1.82) is 0 Å². The predicted octanol–water partition coefficient (Wildman–Crippen LogP) is 0.957. The molecule has 14 heteroatoms. The molecule has 3 amide bonds. The number of aliphatic hydroxyl groups is 1. The molecular weight excluding hydrogens is 564 g/mol. The average Bonchev–Trinajstić information content (AvgIpc) is 3.34. The smallest absolute Gasteiger partial charge is 0.330 e. The third kappa shape index (κ3) is 6.32. The van der Waals surface area contributed by atoms with Crippen LogP contribution in [-0.2, 0) is 18.7 Å². The number of aromatic nitrogens is 2. The van der Waals surface area contributed by atoms with Gasteiger partial charge in [-0.15, -0.1) is 0 Å². The van der Waals surface area contributed by atoms with Gasteiger partial charge < -0.3 is 23.9 Å². The molecule has 4 rings (SSSR count). The maximum absolute atomic E-state index is 12.7. The Morgan fingerprint density at radius 1 is 1.10 bits per heavy atom. The number of amides is 3. The van der Waals surface area contributed by atoms with Crippen LogP contribution < -0.4 is 11.2 Å². The van der Waals surface area contributed by atoms with E-state index in [1.165, 1.54) is 28.8 Å². The number of aliphatic hydroxyl groups excluding tert-OH is 1. The van der Waals surface area contributed by atoms with Crippen molar-refractivity contribution >= 4 is 26.0 Å². The quantitative estimate of drug-likeness (QED) is 0.229. The van der Waals surface area contributed by atoms with Gasteiger partial charge in [0.05, 0.1) is 24.3 Å². The highest BCUT2D eigenvalue weighted by atomic mass is 28.4. The fourth-order valence-corrected chi connectivity index (χ4v) is 5.81. The summed E-state index contributed by atoms with van der Waals surface area (Å²) in [6.45, 7) is 9.96. The number of nitrogens with zero attached hydrogens (tertiary/aromatic N) is 3. The molecular formula is C28H38N4O9Si. The number of imide groups is 1. The van der Waals surface area contributed by atoms with E-state index < -0.39 is 68.4 Å². The van der Waals surface area contributed by atoms with E-state index >= 15 is 0 Å². The minimum absolute atomic E-state index is 0.0619. The summed E-state index contributed by atoms with van der Waals surface area (Å²) in [7, 11) is -0.886. The van der Waals surface area contributed by atoms with Crippen LogP contribution in [0.15, 0.2) is 46.1 Å². The summed E-state index contributed by atoms with van der Waals surface area (Å²) in [6, 6.07) is 7.62. The van der Waals surface area contributed by atoms with E-state index in [4.69, 9.17) is 13.9 Å². The van der Waals surface area contributed by atoms with E-state index in [2.05, 4.69) is 25.8 Å². The third-order valence-electron chi connectivity index (χ3n) is 8.13. The molecule has 0 aliphatic carbocycles. The van der Waals surface area contributed by atoms with Crippen LogP contribution in [0.5, 0.6) is 0 Å². The van der Waals surface area contributed by atoms with Gasteiger partial charge in [-0.1, -0.05) is 32.9 Å². The second-order valence-corrected chi connectivity index (χ2v) is 16.8. The standard InChI is InChI=1S/C28H38N4O9Si/c1-28(2,3)42(5,6)41-23-22(35)19(40-26(23)31-12-11-20(33)29-27(31)38)16-39-14-13-30(4)21(34)15-32-24(36)17-9-7-8-10-18(17)25(32)37/h7-12,19,22-23,26,35H,13-16H2,1-6H3,(H,29,33,38)/t19-,22+,23?,26-/m1/s1. The van der Waals surface area contributed by atoms with Crippen LogP contribution in [0.1, 0.15) is 47.7 Å². The fourth-order valence-electron chi connectivity index (χ4n) is 4.52. The van der Waals surface area contributed by atoms with E-state index in [-0.39, 0.29) is 35.9 Å². The molecule has 1 fully saturated rings. The van der Waals surface area contributed by atoms with E-state index in [1.54, 1.807) is 24.3 Å². The molecule has 1 aromatic heterocycles. The van der Waals surface area contributed by atoms with Crippen LogP contribution in [-0.4, -0.2) is 102 Å². The van der Waals surface area contributed by atoms with Gasteiger partial charge in [0.2, 0.25) is 5.91 Å². The second-order valence-electron chi connectivity index (χ2n) is 12.0. The van der Waals surface area contributed by atoms with Crippen LogP contribution in [0, 0.1) is 0 Å². The maximum Gasteiger partial charge on any atom is 0.330 e. The van der Waals surface area contributed by atoms with Gasteiger partial charge in [-0.05, 0) is 30.3 Å². The predicted molar refractivity (Wildman–Crippen MR) is 154 cm³/mol. The van der Waals surface area contributed by atoms with E-state index in [0.29, 0.717) is 0 Å². The lowest BCUT2D eigenvalue weighted by Crippen LogP contribution is -2.49. The molecule has 0 bridgehead atoms. The molecule has 2 aliphatic rings. The number of fused-ring (bicyclic) bond motifs is 1. The lowest BCUT2D eigenvalue weighted by Gasteiger charge is -2.40. The molecule has 0 saturated carbocycles. The number of carbonyl (C=O) groups is 3. The molecule has 42 heavy (non-hydrogen) atoms. The molecule has 1 aromatic carbocycles. The lowest BCUT2D eigenvalue weighted by molar-refractivity contribution is -0.131. The number of nitrogens with one attached hydrogen (secondary N) is 1. The van der Waals surface area contributed by atoms with Gasteiger partial charge in [-0.25, -0.2) is 4.79 Å². The Hall–Kier alpha value is -3.43. The highest BCUT2D eigenvalue weighted by Crippen LogP contribution is 2.41. The molecule has 13 nitrogen and oxygen atoms in total. The molecule has 2 aromatic rings. The van der Waals surface area contributed by atoms with Crippen molar-refractivity contribution in [3.63, 3.8) is 0 Å². The van der Waals surface area contributed by atoms with E-state index in [0.717, 1.165) is 4.90 Å². The molecule has 4 atom stereocenters. The monoisotopic (exact) mass is 602 g/mol. The minimum Gasteiger partial charge on any atom is -0.407 e. The average molecular weight is 603 g/mol. The summed E-state index contributed by atoms with van der Waals surface area (Å²) in [5.41, 5.74) is -0.703. The molecule has 3 heterocycles. The molecule has 2 N–H and O–H groups in total. The van der Waals surface area contributed by atoms with Crippen molar-refractivity contribution in [2.75, 3.05) is 33.4 Å². The normalized spacial score (nSPS) is 22.5. The van der Waals surface area contributed by atoms with Crippen molar-refractivity contribution in [3.05, 3.63) is 68.5 Å². The highest BCUT2D eigenvalue weighted by Gasteiger charge is 2.50. The number of carbonyl (C=O) groups excluding carboxylic acids is 3. The summed E-state index contributed by atoms with van der Waals surface area (Å²) >= 11 is 0. The Morgan fingerprint density at radius 3 is 2.29 bits per heavy atom. The number of benzene rings is 1. The Labute approximate surface area is 244 Å². The zero-order chi connectivity index (χ0) is 31.0. The van der Waals surface area contributed by atoms with Crippen LogP contribution >= 0.6 is 0 Å². The third-order valence-corrected chi connectivity index (χ3v) is 12.6. The van der Waals surface area contributed by atoms with Gasteiger partial charge in [0.25, 0.3) is 17.4 Å². The van der Waals surface area contributed by atoms with E-state index in [1.807, 2.05) is 13.1 Å². The van der Waals surface area contributed by atoms with Crippen LogP contribution in [0.2, 0.25) is 18.1 Å². The van der Waals surface area contributed by atoms with Crippen molar-refractivity contribution in [1.82, 2.24) is 19.4 Å². The summed E-state index contributed by atoms with van der Waals surface area (Å²) in [5.74, 6) is -1.45. The number of rotatable bonds is 10. The number of hydrogen-bond acceptors (Lipinski definition) is 9. The molecule has 2 aliphatic heterocycles. The van der Waals surface area contributed by atoms with Crippen molar-refractivity contribution in [3.8, 4) is 0 Å². The molecule has 228 valence electrons. The first kappa shape index (κ1) is 31.5. The molecule has 0 spiro atoms. The van der Waals surface area contributed by atoms with Gasteiger partial charge in [0, 0.05) is 25.9 Å². The summed E-state index contributed by atoms with van der Waals surface area (Å²) in [6.07, 6.45) is -2.60. The fraction of sp³-hybridized carbons (Fsp3) is 0.536. The molecule has 1 unspecified atom stereocenters. The lowest BCUT2D eigenvalue weighted by atomic mass is 10.1. The molecule has 0 radical (unpaired) electrons. The van der Waals surface area contributed by atoms with Gasteiger partial charge >= 0.3 is 5.69 Å². The topological polar surface area (TPSA) is 160 Å². The zero-order valence-corrected chi connectivity index (χ0v) is 25.7. The summed E-state index contributed by atoms with van der Waals surface area (Å²) in [5, 5.41) is 11.0. The SMILES string of the molecule is CN(CCOC[C@H]1O[C@@H](n2ccc(=O)[nH]c2=O)C(O[Si](C)(C)C(C)(C)C)[C@H]1O)C(=O)CN1C(=O)c2ccccc2C1=O. The first-order chi connectivity index (χ1) is 19.6. The molecule has 1 saturated heterocycles. The number of H-pyrrole nitrogens is 1. The second kappa shape index (κ2) is 12.0. The first-order valence-corrected chi connectivity index (χ1v) is 16.6. The van der Waals surface area contributed by atoms with Gasteiger partial charge in [0.1, 0.15) is 24.9 Å². The Balaban J connectivity index is 1.35. The van der Waals surface area contributed by atoms with Crippen LogP contribution in [0.4, 0.5) is 0 Å². The summed E-state index contributed by atoms with van der Waals surface area (Å²) < 4.78 is 19.5. The number of aromatic amines is 1. The Kier molecular flexibility index (Phi) is 9.04. The van der Waals surface area contributed by atoms with Crippen molar-refractivity contribution in [2.45, 2.75) is 63.4 Å². The number of ether oxygens (including phenoxy) is 2. The Morgan fingerprint density at radius 2 is 1.71 bits per heavy atom.